The van der Waals surface area contributed by atoms with Crippen LogP contribution in [0, 0.1) is 0 Å². The van der Waals surface area contributed by atoms with Crippen molar-refractivity contribution in [1.82, 2.24) is 4.98 Å². The fourth-order valence-electron chi connectivity index (χ4n) is 3.46. The second-order valence-corrected chi connectivity index (χ2v) is 9.38. The van der Waals surface area contributed by atoms with E-state index in [9.17, 15) is 5.11 Å². The monoisotopic (exact) mass is 570 g/mol. The molecule has 170 valence electrons. The number of phenols is 1. The van der Waals surface area contributed by atoms with Crippen molar-refractivity contribution in [2.24, 2.45) is 4.99 Å². The lowest BCUT2D eigenvalue weighted by atomic mass is 9.98. The van der Waals surface area contributed by atoms with Gasteiger partial charge < -0.3 is 14.3 Å². The van der Waals surface area contributed by atoms with E-state index in [1.54, 1.807) is 12.3 Å². The SMILES string of the molecule is CCOc1cc(Br)c(Br)c(C=Nc2cccc(-c3nc4cc(C(C)CC)ccc4o3)c2)c1O. The van der Waals surface area contributed by atoms with Gasteiger partial charge in [-0.2, -0.15) is 0 Å². The lowest BCUT2D eigenvalue weighted by Gasteiger charge is -2.11. The van der Waals surface area contributed by atoms with Gasteiger partial charge in [-0.05, 0) is 93.1 Å². The van der Waals surface area contributed by atoms with Gasteiger partial charge in [-0.25, -0.2) is 4.98 Å². The van der Waals surface area contributed by atoms with Gasteiger partial charge in [0, 0.05) is 20.7 Å². The van der Waals surface area contributed by atoms with Gasteiger partial charge in [0.05, 0.1) is 17.9 Å². The molecule has 0 aliphatic rings. The predicted molar refractivity (Wildman–Crippen MR) is 140 cm³/mol. The highest BCUT2D eigenvalue weighted by molar-refractivity contribution is 9.13. The van der Waals surface area contributed by atoms with E-state index in [1.165, 1.54) is 5.56 Å². The molecule has 0 saturated carbocycles. The zero-order valence-corrected chi connectivity index (χ0v) is 21.8. The van der Waals surface area contributed by atoms with Crippen LogP contribution in [-0.4, -0.2) is 22.9 Å². The molecule has 33 heavy (non-hydrogen) atoms. The third kappa shape index (κ3) is 4.99. The van der Waals surface area contributed by atoms with Gasteiger partial charge in [-0.3, -0.25) is 4.99 Å². The van der Waals surface area contributed by atoms with Crippen LogP contribution in [0.3, 0.4) is 0 Å². The first kappa shape index (κ1) is 23.5. The summed E-state index contributed by atoms with van der Waals surface area (Å²) in [5.41, 5.74) is 4.94. The van der Waals surface area contributed by atoms with Gasteiger partial charge in [0.25, 0.3) is 0 Å². The molecule has 1 heterocycles. The van der Waals surface area contributed by atoms with E-state index in [1.807, 2.05) is 37.3 Å². The molecule has 0 spiro atoms. The normalized spacial score (nSPS) is 12.5. The van der Waals surface area contributed by atoms with Crippen LogP contribution in [-0.2, 0) is 0 Å². The minimum Gasteiger partial charge on any atom is -0.504 e. The molecule has 0 fully saturated rings. The number of nitrogens with zero attached hydrogens (tertiary/aromatic N) is 2. The average Bonchev–Trinajstić information content (AvgIpc) is 3.26. The van der Waals surface area contributed by atoms with Gasteiger partial charge in [0.15, 0.2) is 17.1 Å². The van der Waals surface area contributed by atoms with Crippen molar-refractivity contribution < 1.29 is 14.3 Å². The van der Waals surface area contributed by atoms with Crippen molar-refractivity contribution in [1.29, 1.82) is 0 Å². The van der Waals surface area contributed by atoms with Crippen LogP contribution in [0.15, 0.2) is 66.9 Å². The van der Waals surface area contributed by atoms with Gasteiger partial charge in [0.1, 0.15) is 5.52 Å². The number of fused-ring (bicyclic) bond motifs is 1. The van der Waals surface area contributed by atoms with E-state index in [-0.39, 0.29) is 5.75 Å². The zero-order valence-electron chi connectivity index (χ0n) is 18.6. The van der Waals surface area contributed by atoms with Crippen molar-refractivity contribution in [2.75, 3.05) is 6.61 Å². The number of aliphatic imine (C=N–C) groups is 1. The highest BCUT2D eigenvalue weighted by Crippen LogP contribution is 2.40. The molecule has 3 aromatic carbocycles. The van der Waals surface area contributed by atoms with E-state index in [0.29, 0.717) is 39.9 Å². The van der Waals surface area contributed by atoms with Crippen LogP contribution < -0.4 is 4.74 Å². The standard InChI is InChI=1S/C26H24Br2N2O3/c1-4-15(3)16-9-10-22-21(12-16)30-26(33-22)17-7-6-8-18(11-17)29-14-19-24(28)20(27)13-23(25(19)31)32-5-2/h6-15,31H,4-5H2,1-3H3. The van der Waals surface area contributed by atoms with E-state index in [0.717, 1.165) is 27.6 Å². The molecule has 7 heteroatoms. The smallest absolute Gasteiger partial charge is 0.227 e. The lowest BCUT2D eigenvalue weighted by Crippen LogP contribution is -1.95. The number of aromatic hydroxyl groups is 1. The summed E-state index contributed by atoms with van der Waals surface area (Å²) in [6, 6.07) is 15.5. The summed E-state index contributed by atoms with van der Waals surface area (Å²) in [6.07, 6.45) is 2.68. The van der Waals surface area contributed by atoms with Crippen LogP contribution in [0.1, 0.15) is 44.2 Å². The van der Waals surface area contributed by atoms with Crippen molar-refractivity contribution in [3.63, 3.8) is 0 Å². The minimum atomic E-state index is 0.0305. The van der Waals surface area contributed by atoms with Crippen LogP contribution in [0.5, 0.6) is 11.5 Å². The molecule has 0 aliphatic heterocycles. The van der Waals surface area contributed by atoms with E-state index in [4.69, 9.17) is 14.1 Å². The number of aromatic nitrogens is 1. The molecule has 0 amide bonds. The average molecular weight is 572 g/mol. The molecule has 1 atom stereocenters. The van der Waals surface area contributed by atoms with Gasteiger partial charge in [0.2, 0.25) is 5.89 Å². The molecule has 1 unspecified atom stereocenters. The zero-order chi connectivity index (χ0) is 23.5. The molecule has 5 nitrogen and oxygen atoms in total. The van der Waals surface area contributed by atoms with Crippen LogP contribution in [0.25, 0.3) is 22.6 Å². The maximum absolute atomic E-state index is 10.6. The Hall–Kier alpha value is -2.64. The van der Waals surface area contributed by atoms with Gasteiger partial charge >= 0.3 is 0 Å². The van der Waals surface area contributed by atoms with E-state index in [2.05, 4.69) is 62.8 Å². The highest BCUT2D eigenvalue weighted by atomic mass is 79.9. The maximum atomic E-state index is 10.6. The van der Waals surface area contributed by atoms with E-state index < -0.39 is 0 Å². The first-order valence-electron chi connectivity index (χ1n) is 10.8. The summed E-state index contributed by atoms with van der Waals surface area (Å²) >= 11 is 6.99. The Morgan fingerprint density at radius 1 is 1.15 bits per heavy atom. The van der Waals surface area contributed by atoms with E-state index >= 15 is 0 Å². The summed E-state index contributed by atoms with van der Waals surface area (Å²) in [4.78, 5) is 9.27. The fraction of sp³-hybridized carbons (Fsp3) is 0.231. The first-order chi connectivity index (χ1) is 15.9. The number of oxazole rings is 1. The minimum absolute atomic E-state index is 0.0305. The second-order valence-electron chi connectivity index (χ2n) is 7.73. The number of phenolic OH excluding ortho intramolecular Hbond substituents is 1. The summed E-state index contributed by atoms with van der Waals surface area (Å²) < 4.78 is 13.0. The third-order valence-corrected chi connectivity index (χ3v) is 7.53. The molecule has 1 N–H and O–H groups in total. The molecular weight excluding hydrogens is 548 g/mol. The van der Waals surface area contributed by atoms with Crippen LogP contribution >= 0.6 is 31.9 Å². The van der Waals surface area contributed by atoms with Crippen molar-refractivity contribution >= 4 is 54.9 Å². The molecule has 0 aliphatic carbocycles. The molecular formula is C26H24Br2N2O3. The van der Waals surface area contributed by atoms with Crippen molar-refractivity contribution in [3.05, 3.63) is 68.6 Å². The Balaban J connectivity index is 1.66. The van der Waals surface area contributed by atoms with Crippen molar-refractivity contribution in [2.45, 2.75) is 33.1 Å². The summed E-state index contributed by atoms with van der Waals surface area (Å²) in [6.45, 7) is 6.71. The van der Waals surface area contributed by atoms with Gasteiger partial charge in [-0.15, -0.1) is 0 Å². The molecule has 4 rings (SSSR count). The topological polar surface area (TPSA) is 67.9 Å². The Kier molecular flexibility index (Phi) is 7.20. The van der Waals surface area contributed by atoms with Crippen LogP contribution in [0.4, 0.5) is 5.69 Å². The number of rotatable bonds is 7. The maximum Gasteiger partial charge on any atom is 0.227 e. The van der Waals surface area contributed by atoms with Gasteiger partial charge in [-0.1, -0.05) is 26.0 Å². The summed E-state index contributed by atoms with van der Waals surface area (Å²) in [5, 5.41) is 10.6. The molecule has 4 aromatic rings. The molecule has 0 saturated heterocycles. The Morgan fingerprint density at radius 3 is 2.73 bits per heavy atom. The Bertz CT molecular complexity index is 1330. The summed E-state index contributed by atoms with van der Waals surface area (Å²) in [7, 11) is 0. The number of ether oxygens (including phenoxy) is 1. The fourth-order valence-corrected chi connectivity index (χ4v) is 4.29. The van der Waals surface area contributed by atoms with Crippen molar-refractivity contribution in [3.8, 4) is 23.0 Å². The third-order valence-electron chi connectivity index (χ3n) is 5.52. The number of hydrogen-bond donors (Lipinski definition) is 1. The highest BCUT2D eigenvalue weighted by Gasteiger charge is 2.15. The predicted octanol–water partition coefficient (Wildman–Crippen LogP) is 8.39. The lowest BCUT2D eigenvalue weighted by molar-refractivity contribution is 0.317. The number of halogens is 2. The Morgan fingerprint density at radius 2 is 1.97 bits per heavy atom. The number of benzene rings is 3. The largest absolute Gasteiger partial charge is 0.504 e. The quantitative estimate of drug-likeness (QED) is 0.226. The molecule has 1 aromatic heterocycles. The summed E-state index contributed by atoms with van der Waals surface area (Å²) in [5.74, 6) is 1.45. The number of hydrogen-bond acceptors (Lipinski definition) is 5. The molecule has 0 radical (unpaired) electrons. The second kappa shape index (κ2) is 10.1. The molecule has 0 bridgehead atoms. The first-order valence-corrected chi connectivity index (χ1v) is 12.4. The van der Waals surface area contributed by atoms with Crippen LogP contribution in [0.2, 0.25) is 0 Å². The Labute approximate surface area is 209 Å².